The molecule has 18 heavy (non-hydrogen) atoms. The summed E-state index contributed by atoms with van der Waals surface area (Å²) in [6, 6.07) is 0.650. The van der Waals surface area contributed by atoms with Crippen molar-refractivity contribution < 1.29 is 0 Å². The summed E-state index contributed by atoms with van der Waals surface area (Å²) >= 11 is 3.59. The van der Waals surface area contributed by atoms with Crippen molar-refractivity contribution in [3.63, 3.8) is 0 Å². The van der Waals surface area contributed by atoms with Crippen molar-refractivity contribution in [2.24, 2.45) is 7.05 Å². The van der Waals surface area contributed by atoms with Gasteiger partial charge in [0.25, 0.3) is 0 Å². The highest BCUT2D eigenvalue weighted by atomic mass is 79.9. The minimum atomic E-state index is 0.650. The fourth-order valence-electron chi connectivity index (χ4n) is 2.82. The van der Waals surface area contributed by atoms with Crippen LogP contribution >= 0.6 is 15.9 Å². The van der Waals surface area contributed by atoms with E-state index < -0.39 is 0 Å². The summed E-state index contributed by atoms with van der Waals surface area (Å²) in [7, 11) is 4.28. The second-order valence-electron chi connectivity index (χ2n) is 5.13. The molecule has 1 saturated heterocycles. The Bertz CT molecular complexity index is 415. The first-order chi connectivity index (χ1) is 8.58. The molecule has 1 aromatic heterocycles. The highest BCUT2D eigenvalue weighted by Gasteiger charge is 2.27. The largest absolute Gasteiger partial charge is 0.354 e. The highest BCUT2D eigenvalue weighted by molar-refractivity contribution is 9.08. The van der Waals surface area contributed by atoms with Crippen LogP contribution in [0.5, 0.6) is 0 Å². The maximum Gasteiger partial charge on any atom is 0.130 e. The summed E-state index contributed by atoms with van der Waals surface area (Å²) in [5, 5.41) is 5.44. The van der Waals surface area contributed by atoms with Crippen molar-refractivity contribution in [1.29, 1.82) is 0 Å². The van der Waals surface area contributed by atoms with Gasteiger partial charge < -0.3 is 4.90 Å². The zero-order valence-corrected chi connectivity index (χ0v) is 13.4. The minimum absolute atomic E-state index is 0.650. The Morgan fingerprint density at radius 2 is 2.06 bits per heavy atom. The standard InChI is InChI=1S/C13H23BrN4/c1-5-11-9-18(7-6-16(11)3)13-12(8-14)10(2)15-17(13)4/h11H,5-9H2,1-4H3. The van der Waals surface area contributed by atoms with Crippen molar-refractivity contribution >= 4 is 21.7 Å². The number of aromatic nitrogens is 2. The summed E-state index contributed by atoms with van der Waals surface area (Å²) in [4.78, 5) is 4.96. The van der Waals surface area contributed by atoms with Gasteiger partial charge in [-0.2, -0.15) is 5.10 Å². The van der Waals surface area contributed by atoms with E-state index in [9.17, 15) is 0 Å². The van der Waals surface area contributed by atoms with Crippen LogP contribution in [0, 0.1) is 6.92 Å². The molecule has 1 aliphatic rings. The Morgan fingerprint density at radius 1 is 1.33 bits per heavy atom. The zero-order valence-electron chi connectivity index (χ0n) is 11.8. The van der Waals surface area contributed by atoms with Crippen molar-refractivity contribution in [2.75, 3.05) is 31.6 Å². The van der Waals surface area contributed by atoms with E-state index in [1.807, 2.05) is 11.7 Å². The SMILES string of the molecule is CCC1CN(c2c(CBr)c(C)nn2C)CCN1C. The van der Waals surface area contributed by atoms with E-state index in [2.05, 4.69) is 51.7 Å². The van der Waals surface area contributed by atoms with Gasteiger partial charge in [0.05, 0.1) is 5.69 Å². The molecule has 2 heterocycles. The second kappa shape index (κ2) is 5.61. The Kier molecular flexibility index (Phi) is 4.33. The molecule has 0 aliphatic carbocycles. The number of aryl methyl sites for hydroxylation is 2. The first-order valence-electron chi connectivity index (χ1n) is 6.62. The Morgan fingerprint density at radius 3 is 2.67 bits per heavy atom. The number of alkyl halides is 1. The summed E-state index contributed by atoms with van der Waals surface area (Å²) in [6.45, 7) is 7.68. The molecule has 0 saturated carbocycles. The van der Waals surface area contributed by atoms with E-state index in [-0.39, 0.29) is 0 Å². The lowest BCUT2D eigenvalue weighted by molar-refractivity contribution is 0.212. The summed E-state index contributed by atoms with van der Waals surface area (Å²) in [5.74, 6) is 1.29. The van der Waals surface area contributed by atoms with Crippen LogP contribution in [-0.4, -0.2) is 47.4 Å². The van der Waals surface area contributed by atoms with Crippen LogP contribution in [-0.2, 0) is 12.4 Å². The van der Waals surface area contributed by atoms with Crippen LogP contribution in [0.1, 0.15) is 24.6 Å². The van der Waals surface area contributed by atoms with Gasteiger partial charge in [0.1, 0.15) is 5.82 Å². The van der Waals surface area contributed by atoms with Crippen LogP contribution in [0.2, 0.25) is 0 Å². The highest BCUT2D eigenvalue weighted by Crippen LogP contribution is 2.27. The fourth-order valence-corrected chi connectivity index (χ4v) is 3.48. The number of rotatable bonds is 3. The van der Waals surface area contributed by atoms with E-state index in [1.54, 1.807) is 0 Å². The van der Waals surface area contributed by atoms with Gasteiger partial charge in [0.2, 0.25) is 0 Å². The van der Waals surface area contributed by atoms with E-state index in [4.69, 9.17) is 0 Å². The molecule has 1 aliphatic heterocycles. The molecular weight excluding hydrogens is 292 g/mol. The van der Waals surface area contributed by atoms with Crippen LogP contribution in [0.15, 0.2) is 0 Å². The van der Waals surface area contributed by atoms with Gasteiger partial charge >= 0.3 is 0 Å². The monoisotopic (exact) mass is 314 g/mol. The predicted molar refractivity (Wildman–Crippen MR) is 79.5 cm³/mol. The average molecular weight is 315 g/mol. The Balaban J connectivity index is 2.26. The van der Waals surface area contributed by atoms with Crippen molar-refractivity contribution in [3.05, 3.63) is 11.3 Å². The normalized spacial score (nSPS) is 21.6. The first-order valence-corrected chi connectivity index (χ1v) is 7.74. The molecule has 1 fully saturated rings. The van der Waals surface area contributed by atoms with Crippen LogP contribution in [0.4, 0.5) is 5.82 Å². The van der Waals surface area contributed by atoms with Crippen molar-refractivity contribution in [2.45, 2.75) is 31.6 Å². The molecule has 2 rings (SSSR count). The molecule has 0 radical (unpaired) electrons. The van der Waals surface area contributed by atoms with Gasteiger partial charge in [-0.25, -0.2) is 0 Å². The number of hydrogen-bond acceptors (Lipinski definition) is 3. The van der Waals surface area contributed by atoms with Crippen molar-refractivity contribution in [3.8, 4) is 0 Å². The molecule has 1 atom stereocenters. The van der Waals surface area contributed by atoms with Gasteiger partial charge in [0.15, 0.2) is 0 Å². The van der Waals surface area contributed by atoms with Crippen LogP contribution in [0.3, 0.4) is 0 Å². The zero-order chi connectivity index (χ0) is 13.3. The number of nitrogens with zero attached hydrogens (tertiary/aromatic N) is 4. The molecular formula is C13H23BrN4. The molecule has 0 bridgehead atoms. The predicted octanol–water partition coefficient (Wildman–Crippen LogP) is 2.15. The molecule has 0 aromatic carbocycles. The number of halogens is 1. The number of piperazine rings is 1. The Labute approximate surface area is 118 Å². The molecule has 0 amide bonds. The molecule has 0 spiro atoms. The van der Waals surface area contributed by atoms with Crippen molar-refractivity contribution in [1.82, 2.24) is 14.7 Å². The van der Waals surface area contributed by atoms with Gasteiger partial charge in [-0.3, -0.25) is 9.58 Å². The van der Waals surface area contributed by atoms with Crippen LogP contribution < -0.4 is 4.90 Å². The molecule has 5 heteroatoms. The maximum atomic E-state index is 4.56. The summed E-state index contributed by atoms with van der Waals surface area (Å²) in [5.41, 5.74) is 2.47. The maximum absolute atomic E-state index is 4.56. The molecule has 0 N–H and O–H groups in total. The minimum Gasteiger partial charge on any atom is -0.354 e. The second-order valence-corrected chi connectivity index (χ2v) is 5.69. The lowest BCUT2D eigenvalue weighted by Gasteiger charge is -2.40. The quantitative estimate of drug-likeness (QED) is 0.799. The Hall–Kier alpha value is -0.550. The third kappa shape index (κ3) is 2.43. The molecule has 4 nitrogen and oxygen atoms in total. The van der Waals surface area contributed by atoms with Gasteiger partial charge in [-0.15, -0.1) is 0 Å². The topological polar surface area (TPSA) is 24.3 Å². The van der Waals surface area contributed by atoms with Gasteiger partial charge in [0, 0.05) is 43.6 Å². The van der Waals surface area contributed by atoms with Gasteiger partial charge in [-0.1, -0.05) is 22.9 Å². The van der Waals surface area contributed by atoms with E-state index in [0.717, 1.165) is 30.7 Å². The lowest BCUT2D eigenvalue weighted by Crippen LogP contribution is -2.51. The average Bonchev–Trinajstić information content (AvgIpc) is 2.64. The number of likely N-dealkylation sites (N-methyl/N-ethyl adjacent to an activating group) is 1. The van der Waals surface area contributed by atoms with Crippen LogP contribution in [0.25, 0.3) is 0 Å². The fraction of sp³-hybridized carbons (Fsp3) is 0.769. The molecule has 1 aromatic rings. The first kappa shape index (κ1) is 13.9. The summed E-state index contributed by atoms with van der Waals surface area (Å²) in [6.07, 6.45) is 1.20. The van der Waals surface area contributed by atoms with E-state index in [1.165, 1.54) is 17.8 Å². The van der Waals surface area contributed by atoms with E-state index >= 15 is 0 Å². The van der Waals surface area contributed by atoms with E-state index in [0.29, 0.717) is 6.04 Å². The molecule has 1 unspecified atom stereocenters. The lowest BCUT2D eigenvalue weighted by atomic mass is 10.1. The molecule has 102 valence electrons. The summed E-state index contributed by atoms with van der Waals surface area (Å²) < 4.78 is 2.03. The third-order valence-corrected chi connectivity index (χ3v) is 4.56. The number of hydrogen-bond donors (Lipinski definition) is 0. The number of anilines is 1. The smallest absolute Gasteiger partial charge is 0.130 e. The van der Waals surface area contributed by atoms with Gasteiger partial charge in [-0.05, 0) is 20.4 Å². The third-order valence-electron chi connectivity index (χ3n) is 3.99.